The maximum Gasteiger partial charge on any atom is 0.243 e. The van der Waals surface area contributed by atoms with E-state index in [-0.39, 0.29) is 22.4 Å². The van der Waals surface area contributed by atoms with Crippen LogP contribution >= 0.6 is 11.6 Å². The molecule has 0 aliphatic heterocycles. The summed E-state index contributed by atoms with van der Waals surface area (Å²) in [5, 5.41) is 11.0. The minimum Gasteiger partial charge on any atom is -0.372 e. The topological polar surface area (TPSA) is 130 Å². The van der Waals surface area contributed by atoms with Crippen LogP contribution in [0.15, 0.2) is 42.9 Å². The maximum atomic E-state index is 14.8. The van der Waals surface area contributed by atoms with Gasteiger partial charge in [-0.15, -0.1) is 10.2 Å². The molecule has 0 aliphatic carbocycles. The summed E-state index contributed by atoms with van der Waals surface area (Å²) >= 11 is 5.81. The molecule has 0 saturated carbocycles. The number of anilines is 1. The maximum absolute atomic E-state index is 14.8. The van der Waals surface area contributed by atoms with Gasteiger partial charge in [0.15, 0.2) is 11.6 Å². The fourth-order valence-electron chi connectivity index (χ4n) is 3.32. The highest BCUT2D eigenvalue weighted by atomic mass is 35.5. The second-order valence-corrected chi connectivity index (χ2v) is 9.87. The first-order chi connectivity index (χ1) is 16.6. The molecule has 184 valence electrons. The molecular formula is C20H19ClF2N8O3S. The number of ether oxygens (including phenoxy) is 1. The smallest absolute Gasteiger partial charge is 0.243 e. The van der Waals surface area contributed by atoms with Crippen molar-refractivity contribution in [3.05, 3.63) is 65.3 Å². The molecule has 4 rings (SSSR count). The van der Waals surface area contributed by atoms with Gasteiger partial charge in [-0.1, -0.05) is 17.7 Å². The predicted molar refractivity (Wildman–Crippen MR) is 122 cm³/mol. The number of nitrogens with one attached hydrogen (secondary N) is 1. The largest absolute Gasteiger partial charge is 0.372 e. The minimum atomic E-state index is -4.28. The number of hydrogen-bond donors (Lipinski definition) is 1. The summed E-state index contributed by atoms with van der Waals surface area (Å²) in [6.45, 7) is 1.36. The van der Waals surface area contributed by atoms with E-state index in [0.717, 1.165) is 16.7 Å². The fraction of sp³-hybridized carbons (Fsp3) is 0.250. The van der Waals surface area contributed by atoms with E-state index in [1.165, 1.54) is 37.2 Å². The first-order valence-electron chi connectivity index (χ1n) is 10.0. The molecule has 0 spiro atoms. The second kappa shape index (κ2) is 9.64. The average Bonchev–Trinajstić information content (AvgIpc) is 3.41. The summed E-state index contributed by atoms with van der Waals surface area (Å²) in [4.78, 5) is 8.04. The average molecular weight is 525 g/mol. The number of aromatic nitrogens is 7. The van der Waals surface area contributed by atoms with E-state index in [1.807, 2.05) is 0 Å². The van der Waals surface area contributed by atoms with Crippen molar-refractivity contribution in [3.8, 4) is 17.2 Å². The first kappa shape index (κ1) is 24.6. The lowest BCUT2D eigenvalue weighted by Gasteiger charge is -2.22. The van der Waals surface area contributed by atoms with Crippen molar-refractivity contribution in [2.45, 2.75) is 18.3 Å². The molecule has 0 bridgehead atoms. The summed E-state index contributed by atoms with van der Waals surface area (Å²) in [6.07, 6.45) is 3.10. The highest BCUT2D eigenvalue weighted by Gasteiger charge is 2.35. The van der Waals surface area contributed by atoms with Crippen LogP contribution in [0.4, 0.5) is 14.7 Å². The van der Waals surface area contributed by atoms with Crippen LogP contribution in [0.25, 0.3) is 17.2 Å². The third kappa shape index (κ3) is 4.85. The molecule has 11 nitrogen and oxygen atoms in total. The van der Waals surface area contributed by atoms with E-state index in [9.17, 15) is 17.2 Å². The molecule has 2 atom stereocenters. The number of rotatable bonds is 8. The predicted octanol–water partition coefficient (Wildman–Crippen LogP) is 2.91. The number of sulfonamides is 1. The van der Waals surface area contributed by atoms with Gasteiger partial charge in [0.05, 0.1) is 5.02 Å². The Bertz CT molecular complexity index is 1440. The Morgan fingerprint density at radius 2 is 1.77 bits per heavy atom. The Hall–Kier alpha value is -3.49. The molecule has 0 saturated heterocycles. The van der Waals surface area contributed by atoms with Crippen LogP contribution in [0.3, 0.4) is 0 Å². The Morgan fingerprint density at radius 3 is 2.34 bits per heavy atom. The van der Waals surface area contributed by atoms with Crippen molar-refractivity contribution >= 4 is 27.6 Å². The normalized spacial score (nSPS) is 13.5. The molecule has 3 heterocycles. The lowest BCUT2D eigenvalue weighted by molar-refractivity contribution is 0.0950. The van der Waals surface area contributed by atoms with Crippen molar-refractivity contribution in [2.24, 2.45) is 7.05 Å². The molecule has 0 amide bonds. The zero-order valence-corrected chi connectivity index (χ0v) is 20.2. The van der Waals surface area contributed by atoms with E-state index >= 15 is 0 Å². The Morgan fingerprint density at radius 1 is 1.11 bits per heavy atom. The van der Waals surface area contributed by atoms with Gasteiger partial charge < -0.3 is 4.74 Å². The van der Waals surface area contributed by atoms with Crippen molar-refractivity contribution in [2.75, 3.05) is 11.8 Å². The van der Waals surface area contributed by atoms with Gasteiger partial charge in [-0.25, -0.2) is 27.2 Å². The van der Waals surface area contributed by atoms with Gasteiger partial charge in [-0.05, 0) is 25.1 Å². The van der Waals surface area contributed by atoms with E-state index < -0.39 is 44.6 Å². The summed E-state index contributed by atoms with van der Waals surface area (Å²) in [7, 11) is -1.35. The molecule has 0 radical (unpaired) electrons. The standard InChI is InChI=1S/C20H19ClF2N8O3S/c1-11(17(34-3)18-24-9-12(21)10-25-18)35(32,33)29-20-27-26-19(15-7-8-30(2)28-15)31(20)16-13(22)5-4-6-14(16)23/h4-11,17H,1-3H3,(H,27,29)/t11-,17-/m0/s1. The zero-order chi connectivity index (χ0) is 25.3. The number of benzene rings is 1. The Labute approximate surface area is 203 Å². The molecule has 35 heavy (non-hydrogen) atoms. The quantitative estimate of drug-likeness (QED) is 0.372. The molecule has 0 fully saturated rings. The van der Waals surface area contributed by atoms with Gasteiger partial charge in [0.1, 0.15) is 34.4 Å². The molecule has 4 aromatic rings. The van der Waals surface area contributed by atoms with Crippen LogP contribution in [0.1, 0.15) is 18.9 Å². The number of methoxy groups -OCH3 is 1. The molecule has 0 aliphatic rings. The highest BCUT2D eigenvalue weighted by Crippen LogP contribution is 2.30. The molecule has 1 aromatic carbocycles. The molecule has 3 aromatic heterocycles. The summed E-state index contributed by atoms with van der Waals surface area (Å²) in [5.74, 6) is -2.37. The lowest BCUT2D eigenvalue weighted by atomic mass is 10.2. The van der Waals surface area contributed by atoms with Gasteiger partial charge in [0.25, 0.3) is 0 Å². The van der Waals surface area contributed by atoms with E-state index in [2.05, 4.69) is 30.0 Å². The van der Waals surface area contributed by atoms with E-state index in [4.69, 9.17) is 16.3 Å². The zero-order valence-electron chi connectivity index (χ0n) is 18.6. The van der Waals surface area contributed by atoms with Crippen molar-refractivity contribution in [1.82, 2.24) is 34.5 Å². The first-order valence-corrected chi connectivity index (χ1v) is 12.0. The van der Waals surface area contributed by atoms with Crippen LogP contribution in [0.2, 0.25) is 5.02 Å². The monoisotopic (exact) mass is 524 g/mol. The van der Waals surface area contributed by atoms with Gasteiger partial charge in [0, 0.05) is 32.7 Å². The van der Waals surface area contributed by atoms with Crippen LogP contribution < -0.4 is 4.72 Å². The van der Waals surface area contributed by atoms with Gasteiger partial charge >= 0.3 is 0 Å². The molecular weight excluding hydrogens is 506 g/mol. The highest BCUT2D eigenvalue weighted by molar-refractivity contribution is 7.93. The van der Waals surface area contributed by atoms with Gasteiger partial charge in [-0.2, -0.15) is 5.10 Å². The number of aryl methyl sites for hydroxylation is 1. The summed E-state index contributed by atoms with van der Waals surface area (Å²) < 4.78 is 66.0. The fourth-order valence-corrected chi connectivity index (χ4v) is 4.55. The number of halogens is 3. The number of hydrogen-bond acceptors (Lipinski definition) is 8. The third-order valence-corrected chi connectivity index (χ3v) is 6.95. The molecule has 15 heteroatoms. The second-order valence-electron chi connectivity index (χ2n) is 7.40. The lowest BCUT2D eigenvalue weighted by Crippen LogP contribution is -2.33. The van der Waals surface area contributed by atoms with Gasteiger partial charge in [-0.3, -0.25) is 14.0 Å². The van der Waals surface area contributed by atoms with Crippen molar-refractivity contribution < 1.29 is 21.9 Å². The van der Waals surface area contributed by atoms with Crippen LogP contribution in [-0.4, -0.2) is 55.3 Å². The minimum absolute atomic E-state index is 0.0746. The SMILES string of the molecule is CO[C@H](c1ncc(Cl)cn1)[C@H](C)S(=O)(=O)Nc1nnc(-c2ccn(C)n2)n1-c1c(F)cccc1F. The van der Waals surface area contributed by atoms with Crippen molar-refractivity contribution in [1.29, 1.82) is 0 Å². The van der Waals surface area contributed by atoms with Crippen LogP contribution in [0.5, 0.6) is 0 Å². The Balaban J connectivity index is 1.78. The summed E-state index contributed by atoms with van der Waals surface area (Å²) in [6, 6.07) is 4.78. The molecule has 0 unspecified atom stereocenters. The van der Waals surface area contributed by atoms with E-state index in [0.29, 0.717) is 0 Å². The number of nitrogens with zero attached hydrogens (tertiary/aromatic N) is 7. The number of para-hydroxylation sites is 1. The Kier molecular flexibility index (Phi) is 6.78. The summed E-state index contributed by atoms with van der Waals surface area (Å²) in [5.41, 5.74) is -0.363. The van der Waals surface area contributed by atoms with E-state index in [1.54, 1.807) is 19.3 Å². The molecule has 1 N–H and O–H groups in total. The van der Waals surface area contributed by atoms with Crippen molar-refractivity contribution in [3.63, 3.8) is 0 Å². The van der Waals surface area contributed by atoms with Crippen LogP contribution in [-0.2, 0) is 21.8 Å². The van der Waals surface area contributed by atoms with Crippen LogP contribution in [0, 0.1) is 11.6 Å². The third-order valence-electron chi connectivity index (χ3n) is 5.06. The van der Waals surface area contributed by atoms with Gasteiger partial charge in [0.2, 0.25) is 16.0 Å².